The summed E-state index contributed by atoms with van der Waals surface area (Å²) in [5.41, 5.74) is 5.42. The summed E-state index contributed by atoms with van der Waals surface area (Å²) in [6, 6.07) is 28.4. The van der Waals surface area contributed by atoms with Gasteiger partial charge in [-0.25, -0.2) is 4.39 Å². The van der Waals surface area contributed by atoms with Gasteiger partial charge in [0.25, 0.3) is 5.91 Å². The van der Waals surface area contributed by atoms with E-state index in [0.29, 0.717) is 24.4 Å². The molecular formula is C33H31FN4O2. The molecule has 1 aliphatic heterocycles. The van der Waals surface area contributed by atoms with E-state index < -0.39 is 0 Å². The first-order chi connectivity index (χ1) is 19.4. The number of anilines is 1. The van der Waals surface area contributed by atoms with Crippen LogP contribution >= 0.6 is 0 Å². The van der Waals surface area contributed by atoms with Gasteiger partial charge in [-0.1, -0.05) is 36.4 Å². The highest BCUT2D eigenvalue weighted by Crippen LogP contribution is 2.25. The van der Waals surface area contributed by atoms with Gasteiger partial charge < -0.3 is 19.1 Å². The number of carbonyl (C=O) groups is 1. The van der Waals surface area contributed by atoms with Crippen molar-refractivity contribution in [1.29, 1.82) is 5.26 Å². The van der Waals surface area contributed by atoms with Gasteiger partial charge in [-0.3, -0.25) is 4.79 Å². The normalized spacial score (nSPS) is 13.7. The highest BCUT2D eigenvalue weighted by Gasteiger charge is 2.24. The van der Waals surface area contributed by atoms with Gasteiger partial charge >= 0.3 is 0 Å². The number of rotatable bonds is 7. The molecule has 3 aromatic carbocycles. The van der Waals surface area contributed by atoms with Crippen LogP contribution < -0.4 is 9.64 Å². The smallest absolute Gasteiger partial charge is 0.264 e. The second-order valence-corrected chi connectivity index (χ2v) is 9.82. The molecule has 0 unspecified atom stereocenters. The number of nitriles is 1. The molecule has 0 atom stereocenters. The molecular weight excluding hydrogens is 503 g/mol. The first kappa shape index (κ1) is 26.8. The molecule has 0 bridgehead atoms. The molecule has 1 aliphatic rings. The van der Waals surface area contributed by atoms with E-state index in [1.165, 1.54) is 6.07 Å². The van der Waals surface area contributed by atoms with Crippen molar-refractivity contribution in [2.75, 3.05) is 31.1 Å². The molecule has 1 saturated heterocycles. The van der Waals surface area contributed by atoms with Crippen LogP contribution in [0.15, 0.2) is 90.5 Å². The number of hydrogen-bond donors (Lipinski definition) is 0. The highest BCUT2D eigenvalue weighted by atomic mass is 19.1. The summed E-state index contributed by atoms with van der Waals surface area (Å²) in [5, 5.41) is 9.86. The number of aryl methyl sites for hydroxylation is 1. The van der Waals surface area contributed by atoms with Gasteiger partial charge in [0.15, 0.2) is 0 Å². The number of ether oxygens (including phenoxy) is 1. The average Bonchev–Trinajstić information content (AvgIpc) is 3.28. The highest BCUT2D eigenvalue weighted by molar-refractivity contribution is 6.02. The number of piperazine rings is 1. The van der Waals surface area contributed by atoms with Crippen LogP contribution in [0.1, 0.15) is 22.5 Å². The maximum atomic E-state index is 13.9. The lowest BCUT2D eigenvalue weighted by atomic mass is 10.1. The molecule has 1 aromatic heterocycles. The Kier molecular flexibility index (Phi) is 7.97. The second kappa shape index (κ2) is 11.9. The number of carbonyl (C=O) groups excluding carboxylic acids is 1. The summed E-state index contributed by atoms with van der Waals surface area (Å²) in [6.45, 7) is 6.69. The second-order valence-electron chi connectivity index (χ2n) is 9.82. The first-order valence-corrected chi connectivity index (χ1v) is 13.3. The summed E-state index contributed by atoms with van der Waals surface area (Å²) in [6.07, 6.45) is 1.69. The van der Waals surface area contributed by atoms with Crippen molar-refractivity contribution in [3.8, 4) is 17.5 Å². The largest absolute Gasteiger partial charge is 0.489 e. The van der Waals surface area contributed by atoms with Crippen LogP contribution in [0.5, 0.6) is 5.75 Å². The Bertz CT molecular complexity index is 1560. The van der Waals surface area contributed by atoms with Gasteiger partial charge in [-0.2, -0.15) is 5.26 Å². The quantitative estimate of drug-likeness (QED) is 0.213. The molecule has 7 heteroatoms. The van der Waals surface area contributed by atoms with Crippen molar-refractivity contribution >= 4 is 17.7 Å². The minimum atomic E-state index is -0.289. The van der Waals surface area contributed by atoms with Gasteiger partial charge in [-0.15, -0.1) is 0 Å². The third-order valence-electron chi connectivity index (χ3n) is 7.26. The number of benzene rings is 3. The van der Waals surface area contributed by atoms with E-state index in [1.54, 1.807) is 29.2 Å². The van der Waals surface area contributed by atoms with E-state index >= 15 is 0 Å². The van der Waals surface area contributed by atoms with Crippen molar-refractivity contribution in [3.63, 3.8) is 0 Å². The minimum Gasteiger partial charge on any atom is -0.489 e. The molecule has 5 rings (SSSR count). The first-order valence-electron chi connectivity index (χ1n) is 13.3. The van der Waals surface area contributed by atoms with Crippen molar-refractivity contribution in [3.05, 3.63) is 119 Å². The van der Waals surface area contributed by atoms with Crippen molar-refractivity contribution in [2.45, 2.75) is 20.5 Å². The van der Waals surface area contributed by atoms with Crippen molar-refractivity contribution in [1.82, 2.24) is 9.47 Å². The van der Waals surface area contributed by atoms with Gasteiger partial charge in [0, 0.05) is 54.5 Å². The standard InChI is InChI=1S/C33H31FN4O2/c1-24-20-27(21-28(22-35)33(39)37-18-16-36(17-19-37)29-9-4-3-5-10-29)25(2)38(24)30-12-14-31(15-13-30)40-23-26-8-6-7-11-32(26)34/h3-15,20-21H,16-19,23H2,1-2H3/b28-21-. The Morgan fingerprint density at radius 1 is 0.925 bits per heavy atom. The van der Waals surface area contributed by atoms with E-state index in [4.69, 9.17) is 4.74 Å². The Labute approximate surface area is 234 Å². The Morgan fingerprint density at radius 2 is 1.60 bits per heavy atom. The zero-order valence-electron chi connectivity index (χ0n) is 22.7. The minimum absolute atomic E-state index is 0.130. The van der Waals surface area contributed by atoms with E-state index in [1.807, 2.05) is 62.4 Å². The number of hydrogen-bond acceptors (Lipinski definition) is 4. The molecule has 0 radical (unpaired) electrons. The SMILES string of the molecule is Cc1cc(/C=C(/C#N)C(=O)N2CCN(c3ccccc3)CC2)c(C)n1-c1ccc(OCc2ccccc2F)cc1. The lowest BCUT2D eigenvalue weighted by molar-refractivity contribution is -0.126. The zero-order valence-corrected chi connectivity index (χ0v) is 22.7. The fraction of sp³-hybridized carbons (Fsp3) is 0.212. The third-order valence-corrected chi connectivity index (χ3v) is 7.26. The topological polar surface area (TPSA) is 61.5 Å². The van der Waals surface area contributed by atoms with Gasteiger partial charge in [0.2, 0.25) is 0 Å². The van der Waals surface area contributed by atoms with Gasteiger partial charge in [0.1, 0.15) is 29.8 Å². The fourth-order valence-corrected chi connectivity index (χ4v) is 5.07. The zero-order chi connectivity index (χ0) is 28.1. The van der Waals surface area contributed by atoms with E-state index in [0.717, 1.165) is 41.4 Å². The molecule has 4 aromatic rings. The number of para-hydroxylation sites is 1. The van der Waals surface area contributed by atoms with Crippen molar-refractivity contribution in [2.24, 2.45) is 0 Å². The number of nitrogens with zero attached hydrogens (tertiary/aromatic N) is 4. The Balaban J connectivity index is 1.27. The molecule has 2 heterocycles. The van der Waals surface area contributed by atoms with Crippen LogP contribution in [0.2, 0.25) is 0 Å². The number of amides is 1. The summed E-state index contributed by atoms with van der Waals surface area (Å²) in [4.78, 5) is 17.3. The summed E-state index contributed by atoms with van der Waals surface area (Å²) in [7, 11) is 0. The lowest BCUT2D eigenvalue weighted by Gasteiger charge is -2.36. The fourth-order valence-electron chi connectivity index (χ4n) is 5.07. The van der Waals surface area contributed by atoms with Gasteiger partial charge in [0.05, 0.1) is 0 Å². The maximum absolute atomic E-state index is 13.9. The molecule has 40 heavy (non-hydrogen) atoms. The maximum Gasteiger partial charge on any atom is 0.264 e. The van der Waals surface area contributed by atoms with Crippen LogP contribution in [0.4, 0.5) is 10.1 Å². The lowest BCUT2D eigenvalue weighted by Crippen LogP contribution is -2.49. The molecule has 1 fully saturated rings. The predicted molar refractivity (Wildman–Crippen MR) is 155 cm³/mol. The van der Waals surface area contributed by atoms with Gasteiger partial charge in [-0.05, 0) is 74.0 Å². The third kappa shape index (κ3) is 5.76. The molecule has 202 valence electrons. The Morgan fingerprint density at radius 3 is 2.27 bits per heavy atom. The molecule has 0 N–H and O–H groups in total. The van der Waals surface area contributed by atoms with Crippen LogP contribution in [0, 0.1) is 31.0 Å². The molecule has 0 aliphatic carbocycles. The number of aromatic nitrogens is 1. The molecule has 6 nitrogen and oxygen atoms in total. The molecule has 1 amide bonds. The summed E-state index contributed by atoms with van der Waals surface area (Å²) >= 11 is 0. The average molecular weight is 535 g/mol. The molecule has 0 spiro atoms. The predicted octanol–water partition coefficient (Wildman–Crippen LogP) is 6.07. The van der Waals surface area contributed by atoms with Crippen molar-refractivity contribution < 1.29 is 13.9 Å². The Hall–Kier alpha value is -4.83. The van der Waals surface area contributed by atoms with Crippen LogP contribution in [0.25, 0.3) is 11.8 Å². The summed E-state index contributed by atoms with van der Waals surface area (Å²) in [5.74, 6) is 0.110. The van der Waals surface area contributed by atoms with Crippen LogP contribution in [-0.4, -0.2) is 41.6 Å². The van der Waals surface area contributed by atoms with Crippen LogP contribution in [-0.2, 0) is 11.4 Å². The van der Waals surface area contributed by atoms with E-state index in [9.17, 15) is 14.4 Å². The summed E-state index contributed by atoms with van der Waals surface area (Å²) < 4.78 is 21.7. The van der Waals surface area contributed by atoms with E-state index in [-0.39, 0.29) is 23.9 Å². The molecule has 0 saturated carbocycles. The number of halogens is 1. The van der Waals surface area contributed by atoms with E-state index in [2.05, 4.69) is 27.7 Å². The monoisotopic (exact) mass is 534 g/mol. The van der Waals surface area contributed by atoms with Crippen LogP contribution in [0.3, 0.4) is 0 Å².